The topological polar surface area (TPSA) is 46.9 Å². The summed E-state index contributed by atoms with van der Waals surface area (Å²) in [6.45, 7) is 1.92. The highest BCUT2D eigenvalue weighted by atomic mass is 19.1. The second-order valence-corrected chi connectivity index (χ2v) is 6.75. The number of hydrogen-bond acceptors (Lipinski definition) is 2. The Balaban J connectivity index is 1.73. The van der Waals surface area contributed by atoms with Crippen LogP contribution in [0.1, 0.15) is 29.0 Å². The van der Waals surface area contributed by atoms with Crippen LogP contribution in [0.2, 0.25) is 0 Å². The molecular weight excluding hydrogens is 365 g/mol. The van der Waals surface area contributed by atoms with Gasteiger partial charge < -0.3 is 5.32 Å². The third kappa shape index (κ3) is 3.94. The zero-order valence-electron chi connectivity index (χ0n) is 15.9. The fourth-order valence-corrected chi connectivity index (χ4v) is 3.21. The molecule has 5 heteroatoms. The van der Waals surface area contributed by atoms with Gasteiger partial charge in [0.2, 0.25) is 0 Å². The number of hydrogen-bond donors (Lipinski definition) is 1. The first-order valence-electron chi connectivity index (χ1n) is 9.39. The van der Waals surface area contributed by atoms with Crippen molar-refractivity contribution in [3.63, 3.8) is 0 Å². The summed E-state index contributed by atoms with van der Waals surface area (Å²) in [5.41, 5.74) is 2.84. The maximum Gasteiger partial charge on any atom is 0.270 e. The quantitative estimate of drug-likeness (QED) is 0.515. The van der Waals surface area contributed by atoms with Crippen molar-refractivity contribution in [3.05, 3.63) is 108 Å². The van der Waals surface area contributed by atoms with Gasteiger partial charge in [0.05, 0.1) is 17.4 Å². The van der Waals surface area contributed by atoms with Crippen LogP contribution in [0.4, 0.5) is 4.39 Å². The normalized spacial score (nSPS) is 11.8. The number of carbonyl (C=O) groups is 1. The fourth-order valence-electron chi connectivity index (χ4n) is 3.21. The summed E-state index contributed by atoms with van der Waals surface area (Å²) < 4.78 is 15.9. The Labute approximate surface area is 168 Å². The number of nitrogens with zero attached hydrogens (tertiary/aromatic N) is 2. The fraction of sp³-hybridized carbons (Fsp3) is 0.0833. The minimum atomic E-state index is -0.380. The van der Waals surface area contributed by atoms with Crippen LogP contribution in [0, 0.1) is 5.82 Å². The van der Waals surface area contributed by atoms with Crippen LogP contribution < -0.4 is 5.32 Å². The number of nitrogens with one attached hydrogen (secondary N) is 1. The lowest BCUT2D eigenvalue weighted by Crippen LogP contribution is -2.28. The molecule has 144 valence electrons. The molecule has 1 heterocycles. The molecule has 0 aliphatic carbocycles. The molecule has 0 radical (unpaired) electrons. The Morgan fingerprint density at radius 1 is 0.931 bits per heavy atom. The molecule has 0 saturated heterocycles. The van der Waals surface area contributed by atoms with Crippen molar-refractivity contribution in [3.8, 4) is 16.9 Å². The molecule has 1 atom stereocenters. The van der Waals surface area contributed by atoms with Gasteiger partial charge >= 0.3 is 0 Å². The zero-order valence-corrected chi connectivity index (χ0v) is 15.9. The molecule has 0 bridgehead atoms. The smallest absolute Gasteiger partial charge is 0.270 e. The van der Waals surface area contributed by atoms with Gasteiger partial charge in [0, 0.05) is 5.56 Å². The summed E-state index contributed by atoms with van der Waals surface area (Å²) >= 11 is 0. The Kier molecular flexibility index (Phi) is 5.20. The number of halogens is 1. The average molecular weight is 385 g/mol. The van der Waals surface area contributed by atoms with Gasteiger partial charge in [0.25, 0.3) is 5.91 Å². The highest BCUT2D eigenvalue weighted by molar-refractivity contribution is 5.94. The lowest BCUT2D eigenvalue weighted by Gasteiger charge is -2.15. The number of carbonyl (C=O) groups excluding carboxylic acids is 1. The predicted octanol–water partition coefficient (Wildman–Crippen LogP) is 5.17. The van der Waals surface area contributed by atoms with Gasteiger partial charge in [-0.15, -0.1) is 0 Å². The Morgan fingerprint density at radius 3 is 2.24 bits per heavy atom. The van der Waals surface area contributed by atoms with Crippen molar-refractivity contribution >= 4 is 5.91 Å². The number of benzene rings is 3. The van der Waals surface area contributed by atoms with Gasteiger partial charge in [-0.3, -0.25) is 4.79 Å². The minimum Gasteiger partial charge on any atom is -0.344 e. The maximum absolute atomic E-state index is 14.3. The second-order valence-electron chi connectivity index (χ2n) is 6.75. The van der Waals surface area contributed by atoms with Crippen molar-refractivity contribution in [2.24, 2.45) is 0 Å². The molecule has 4 rings (SSSR count). The van der Waals surface area contributed by atoms with Gasteiger partial charge in [-0.05, 0) is 42.8 Å². The molecule has 0 fully saturated rings. The molecule has 0 aliphatic heterocycles. The van der Waals surface area contributed by atoms with Crippen LogP contribution in [0.3, 0.4) is 0 Å². The monoisotopic (exact) mass is 385 g/mol. The minimum absolute atomic E-state index is 0.181. The Morgan fingerprint density at radius 2 is 1.55 bits per heavy atom. The van der Waals surface area contributed by atoms with E-state index in [1.807, 2.05) is 67.6 Å². The molecule has 1 amide bonds. The summed E-state index contributed by atoms with van der Waals surface area (Å²) in [7, 11) is 0. The molecule has 0 spiro atoms. The summed E-state index contributed by atoms with van der Waals surface area (Å²) in [4.78, 5) is 13.1. The molecule has 4 nitrogen and oxygen atoms in total. The van der Waals surface area contributed by atoms with Crippen LogP contribution >= 0.6 is 0 Å². The van der Waals surface area contributed by atoms with Crippen LogP contribution in [0.15, 0.2) is 91.0 Å². The molecule has 1 N–H and O–H groups in total. The maximum atomic E-state index is 14.3. The highest BCUT2D eigenvalue weighted by Gasteiger charge is 2.20. The third-order valence-electron chi connectivity index (χ3n) is 4.74. The summed E-state index contributed by atoms with van der Waals surface area (Å²) in [5, 5.41) is 7.54. The van der Waals surface area contributed by atoms with E-state index in [1.54, 1.807) is 28.9 Å². The number of rotatable bonds is 5. The SMILES string of the molecule is CC(NC(=O)c1cc(-c2ccccc2F)nn1-c1ccccc1)c1ccccc1. The lowest BCUT2D eigenvalue weighted by atomic mass is 10.1. The summed E-state index contributed by atoms with van der Waals surface area (Å²) in [6.07, 6.45) is 0. The van der Waals surface area contributed by atoms with E-state index in [1.165, 1.54) is 6.07 Å². The van der Waals surface area contributed by atoms with E-state index in [4.69, 9.17) is 0 Å². The second kappa shape index (κ2) is 8.10. The third-order valence-corrected chi connectivity index (χ3v) is 4.74. The van der Waals surface area contributed by atoms with Crippen molar-refractivity contribution < 1.29 is 9.18 Å². The molecule has 1 unspecified atom stereocenters. The van der Waals surface area contributed by atoms with E-state index in [2.05, 4.69) is 10.4 Å². The molecule has 3 aromatic carbocycles. The van der Waals surface area contributed by atoms with Crippen molar-refractivity contribution in [2.75, 3.05) is 0 Å². The standard InChI is InChI=1S/C24H20FN3O/c1-17(18-10-4-2-5-11-18)26-24(29)23-16-22(20-14-8-9-15-21(20)25)27-28(23)19-12-6-3-7-13-19/h2-17H,1H3,(H,26,29). The molecule has 0 saturated carbocycles. The van der Waals surface area contributed by atoms with Gasteiger partial charge in [0.1, 0.15) is 11.5 Å². The van der Waals surface area contributed by atoms with E-state index < -0.39 is 0 Å². The highest BCUT2D eigenvalue weighted by Crippen LogP contribution is 2.24. The van der Waals surface area contributed by atoms with E-state index >= 15 is 0 Å². The van der Waals surface area contributed by atoms with Crippen molar-refractivity contribution in [2.45, 2.75) is 13.0 Å². The Bertz CT molecular complexity index is 1120. The van der Waals surface area contributed by atoms with Crippen LogP contribution in [-0.2, 0) is 0 Å². The number of amides is 1. The number of para-hydroxylation sites is 1. The molecule has 29 heavy (non-hydrogen) atoms. The summed E-state index contributed by atoms with van der Waals surface area (Å²) in [6, 6.07) is 26.9. The van der Waals surface area contributed by atoms with Gasteiger partial charge in [0.15, 0.2) is 0 Å². The van der Waals surface area contributed by atoms with Gasteiger partial charge in [-0.2, -0.15) is 5.10 Å². The van der Waals surface area contributed by atoms with Gasteiger partial charge in [-0.1, -0.05) is 60.7 Å². The zero-order chi connectivity index (χ0) is 20.2. The average Bonchev–Trinajstić information content (AvgIpc) is 3.21. The first-order chi connectivity index (χ1) is 14.1. The predicted molar refractivity (Wildman–Crippen MR) is 111 cm³/mol. The van der Waals surface area contributed by atoms with Gasteiger partial charge in [-0.25, -0.2) is 9.07 Å². The van der Waals surface area contributed by atoms with Crippen LogP contribution in [0.25, 0.3) is 16.9 Å². The van der Waals surface area contributed by atoms with E-state index in [0.717, 1.165) is 11.3 Å². The summed E-state index contributed by atoms with van der Waals surface area (Å²) in [5.74, 6) is -0.657. The Hall–Kier alpha value is -3.73. The van der Waals surface area contributed by atoms with E-state index in [0.29, 0.717) is 17.0 Å². The lowest BCUT2D eigenvalue weighted by molar-refractivity contribution is 0.0932. The first-order valence-corrected chi connectivity index (χ1v) is 9.39. The molecule has 4 aromatic rings. The van der Waals surface area contributed by atoms with Crippen molar-refractivity contribution in [1.29, 1.82) is 0 Å². The molecule has 1 aromatic heterocycles. The molecular formula is C24H20FN3O. The van der Waals surface area contributed by atoms with Crippen molar-refractivity contribution in [1.82, 2.24) is 15.1 Å². The van der Waals surface area contributed by atoms with E-state index in [9.17, 15) is 9.18 Å². The first kappa shape index (κ1) is 18.6. The largest absolute Gasteiger partial charge is 0.344 e. The number of aromatic nitrogens is 2. The van der Waals surface area contributed by atoms with E-state index in [-0.39, 0.29) is 17.8 Å². The molecule has 0 aliphatic rings. The van der Waals surface area contributed by atoms with Crippen LogP contribution in [0.5, 0.6) is 0 Å². The van der Waals surface area contributed by atoms with Crippen LogP contribution in [-0.4, -0.2) is 15.7 Å².